The van der Waals surface area contributed by atoms with Gasteiger partial charge in [0.25, 0.3) is 0 Å². The van der Waals surface area contributed by atoms with Gasteiger partial charge in [0.1, 0.15) is 5.82 Å². The van der Waals surface area contributed by atoms with E-state index in [1.807, 2.05) is 31.2 Å². The molecule has 0 atom stereocenters. The van der Waals surface area contributed by atoms with E-state index in [-0.39, 0.29) is 0 Å². The van der Waals surface area contributed by atoms with E-state index in [4.69, 9.17) is 5.73 Å². The topological polar surface area (TPSA) is 51.8 Å². The average Bonchev–Trinajstić information content (AvgIpc) is 2.20. The predicted molar refractivity (Wildman–Crippen MR) is 64.3 cm³/mol. The van der Waals surface area contributed by atoms with E-state index in [0.717, 1.165) is 21.4 Å². The third kappa shape index (κ3) is 2.15. The molecular weight excluding hydrogens is 254 g/mol. The lowest BCUT2D eigenvalue weighted by molar-refractivity contribution is 1.13. The molecule has 0 aliphatic heterocycles. The maximum atomic E-state index is 5.55. The fourth-order valence-electron chi connectivity index (χ4n) is 1.39. The minimum atomic E-state index is 0.452. The number of rotatable bonds is 1. The highest BCUT2D eigenvalue weighted by molar-refractivity contribution is 9.10. The van der Waals surface area contributed by atoms with Crippen LogP contribution >= 0.6 is 15.9 Å². The van der Waals surface area contributed by atoms with Crippen LogP contribution in [0.25, 0.3) is 11.3 Å². The number of anilines is 1. The molecule has 0 spiro atoms. The summed E-state index contributed by atoms with van der Waals surface area (Å²) in [6, 6.07) is 7.95. The van der Waals surface area contributed by atoms with Crippen LogP contribution in [0.4, 0.5) is 5.82 Å². The molecule has 0 aliphatic rings. The number of benzene rings is 1. The van der Waals surface area contributed by atoms with Crippen molar-refractivity contribution in [2.24, 2.45) is 0 Å². The van der Waals surface area contributed by atoms with Crippen LogP contribution in [0.15, 0.2) is 34.9 Å². The Hall–Kier alpha value is -1.42. The fraction of sp³-hybridized carbons (Fsp3) is 0.0909. The normalized spacial score (nSPS) is 10.3. The molecule has 1 aromatic heterocycles. The van der Waals surface area contributed by atoms with Crippen molar-refractivity contribution in [2.75, 3.05) is 5.73 Å². The molecule has 0 radical (unpaired) electrons. The minimum Gasteiger partial charge on any atom is -0.382 e. The first-order valence-corrected chi connectivity index (χ1v) is 5.31. The second-order valence-electron chi connectivity index (χ2n) is 3.24. The van der Waals surface area contributed by atoms with Crippen molar-refractivity contribution in [1.29, 1.82) is 0 Å². The second-order valence-corrected chi connectivity index (χ2v) is 4.15. The van der Waals surface area contributed by atoms with Gasteiger partial charge in [-0.2, -0.15) is 0 Å². The molecule has 0 amide bonds. The molecule has 1 heterocycles. The number of aryl methyl sites for hydroxylation is 1. The number of hydrogen-bond donors (Lipinski definition) is 1. The highest BCUT2D eigenvalue weighted by Crippen LogP contribution is 2.22. The monoisotopic (exact) mass is 263 g/mol. The Bertz CT molecular complexity index is 480. The standard InChI is InChI=1S/C11H10BrN3/c1-7-11(14-6-10(13)15-7)8-2-4-9(12)5-3-8/h2-6H,1H3,(H2,13,15). The van der Waals surface area contributed by atoms with Crippen molar-refractivity contribution in [1.82, 2.24) is 9.97 Å². The number of halogens is 1. The van der Waals surface area contributed by atoms with Crippen LogP contribution in [0.3, 0.4) is 0 Å². The van der Waals surface area contributed by atoms with E-state index >= 15 is 0 Å². The van der Waals surface area contributed by atoms with E-state index in [1.165, 1.54) is 0 Å². The quantitative estimate of drug-likeness (QED) is 0.861. The van der Waals surface area contributed by atoms with E-state index in [9.17, 15) is 0 Å². The summed E-state index contributed by atoms with van der Waals surface area (Å²) in [4.78, 5) is 8.45. The maximum Gasteiger partial charge on any atom is 0.142 e. The molecule has 2 rings (SSSR count). The summed E-state index contributed by atoms with van der Waals surface area (Å²) in [7, 11) is 0. The molecule has 1 aromatic carbocycles. The Kier molecular flexibility index (Phi) is 2.68. The molecule has 0 fully saturated rings. The van der Waals surface area contributed by atoms with Crippen molar-refractivity contribution >= 4 is 21.7 Å². The van der Waals surface area contributed by atoms with E-state index in [0.29, 0.717) is 5.82 Å². The third-order valence-electron chi connectivity index (χ3n) is 2.08. The fourth-order valence-corrected chi connectivity index (χ4v) is 1.66. The van der Waals surface area contributed by atoms with Crippen LogP contribution in [-0.2, 0) is 0 Å². The Morgan fingerprint density at radius 2 is 1.87 bits per heavy atom. The van der Waals surface area contributed by atoms with Crippen LogP contribution in [0.2, 0.25) is 0 Å². The molecule has 0 aliphatic carbocycles. The second kappa shape index (κ2) is 3.98. The third-order valence-corrected chi connectivity index (χ3v) is 2.61. The van der Waals surface area contributed by atoms with Crippen LogP contribution in [0, 0.1) is 6.92 Å². The molecule has 76 valence electrons. The Labute approximate surface area is 96.5 Å². The Morgan fingerprint density at radius 3 is 2.47 bits per heavy atom. The average molecular weight is 264 g/mol. The lowest BCUT2D eigenvalue weighted by Crippen LogP contribution is -1.97. The first-order chi connectivity index (χ1) is 7.16. The van der Waals surface area contributed by atoms with Crippen LogP contribution in [0.5, 0.6) is 0 Å². The minimum absolute atomic E-state index is 0.452. The van der Waals surface area contributed by atoms with Crippen molar-refractivity contribution in [3.05, 3.63) is 40.6 Å². The van der Waals surface area contributed by atoms with E-state index in [2.05, 4.69) is 25.9 Å². The van der Waals surface area contributed by atoms with E-state index in [1.54, 1.807) is 6.20 Å². The molecule has 3 nitrogen and oxygen atoms in total. The molecule has 0 saturated heterocycles. The van der Waals surface area contributed by atoms with Crippen LogP contribution in [-0.4, -0.2) is 9.97 Å². The van der Waals surface area contributed by atoms with Gasteiger partial charge in [0.2, 0.25) is 0 Å². The smallest absolute Gasteiger partial charge is 0.142 e. The van der Waals surface area contributed by atoms with Gasteiger partial charge in [-0.1, -0.05) is 28.1 Å². The van der Waals surface area contributed by atoms with Crippen molar-refractivity contribution in [3.63, 3.8) is 0 Å². The van der Waals surface area contributed by atoms with Gasteiger partial charge in [0.15, 0.2) is 0 Å². The summed E-state index contributed by atoms with van der Waals surface area (Å²) in [6.45, 7) is 1.90. The largest absolute Gasteiger partial charge is 0.382 e. The predicted octanol–water partition coefficient (Wildman–Crippen LogP) is 2.80. The first kappa shape index (κ1) is 10.1. The molecule has 0 bridgehead atoms. The molecule has 0 unspecified atom stereocenters. The molecule has 2 aromatic rings. The van der Waals surface area contributed by atoms with Crippen molar-refractivity contribution in [3.8, 4) is 11.3 Å². The number of nitrogens with two attached hydrogens (primary N) is 1. The summed E-state index contributed by atoms with van der Waals surface area (Å²) < 4.78 is 1.05. The van der Waals surface area contributed by atoms with Gasteiger partial charge in [0.05, 0.1) is 17.6 Å². The van der Waals surface area contributed by atoms with Crippen LogP contribution in [0.1, 0.15) is 5.69 Å². The van der Waals surface area contributed by atoms with Crippen molar-refractivity contribution in [2.45, 2.75) is 6.92 Å². The molecular formula is C11H10BrN3. The highest BCUT2D eigenvalue weighted by Gasteiger charge is 2.04. The zero-order chi connectivity index (χ0) is 10.8. The molecule has 0 saturated carbocycles. The first-order valence-electron chi connectivity index (χ1n) is 4.52. The molecule has 15 heavy (non-hydrogen) atoms. The Morgan fingerprint density at radius 1 is 1.20 bits per heavy atom. The maximum absolute atomic E-state index is 5.55. The number of hydrogen-bond acceptors (Lipinski definition) is 3. The summed E-state index contributed by atoms with van der Waals surface area (Å²) in [6.07, 6.45) is 1.57. The summed E-state index contributed by atoms with van der Waals surface area (Å²) in [5.41, 5.74) is 8.31. The summed E-state index contributed by atoms with van der Waals surface area (Å²) in [5.74, 6) is 0.452. The molecule has 2 N–H and O–H groups in total. The van der Waals surface area contributed by atoms with Gasteiger partial charge in [-0.25, -0.2) is 4.98 Å². The van der Waals surface area contributed by atoms with Gasteiger partial charge >= 0.3 is 0 Å². The zero-order valence-electron chi connectivity index (χ0n) is 8.24. The summed E-state index contributed by atoms with van der Waals surface area (Å²) in [5, 5.41) is 0. The van der Waals surface area contributed by atoms with Gasteiger partial charge in [0, 0.05) is 10.0 Å². The SMILES string of the molecule is Cc1nc(N)cnc1-c1ccc(Br)cc1. The number of nitrogens with zero attached hydrogens (tertiary/aromatic N) is 2. The number of aromatic nitrogens is 2. The Balaban J connectivity index is 2.49. The zero-order valence-corrected chi connectivity index (χ0v) is 9.82. The lowest BCUT2D eigenvalue weighted by atomic mass is 10.1. The van der Waals surface area contributed by atoms with Gasteiger partial charge in [-0.15, -0.1) is 0 Å². The molecule has 4 heteroatoms. The van der Waals surface area contributed by atoms with Gasteiger partial charge < -0.3 is 5.73 Å². The van der Waals surface area contributed by atoms with E-state index < -0.39 is 0 Å². The lowest BCUT2D eigenvalue weighted by Gasteiger charge is -2.04. The van der Waals surface area contributed by atoms with Crippen molar-refractivity contribution < 1.29 is 0 Å². The number of nitrogen functional groups attached to an aromatic ring is 1. The van der Waals surface area contributed by atoms with Crippen LogP contribution < -0.4 is 5.73 Å². The van der Waals surface area contributed by atoms with Gasteiger partial charge in [-0.05, 0) is 19.1 Å². The highest BCUT2D eigenvalue weighted by atomic mass is 79.9. The summed E-state index contributed by atoms with van der Waals surface area (Å²) >= 11 is 3.39. The van der Waals surface area contributed by atoms with Gasteiger partial charge in [-0.3, -0.25) is 4.98 Å².